The van der Waals surface area contributed by atoms with Crippen molar-refractivity contribution in [2.75, 3.05) is 5.32 Å². The summed E-state index contributed by atoms with van der Waals surface area (Å²) < 4.78 is 5.12. The Hall–Kier alpha value is -1.32. The van der Waals surface area contributed by atoms with Crippen molar-refractivity contribution >= 4 is 11.8 Å². The summed E-state index contributed by atoms with van der Waals surface area (Å²) in [5, 5.41) is 6.73. The van der Waals surface area contributed by atoms with E-state index in [4.69, 9.17) is 4.52 Å². The van der Waals surface area contributed by atoms with Gasteiger partial charge in [-0.2, -0.15) is 0 Å². The van der Waals surface area contributed by atoms with Crippen molar-refractivity contribution in [3.05, 3.63) is 11.8 Å². The van der Waals surface area contributed by atoms with Crippen LogP contribution in [0.25, 0.3) is 0 Å². The highest BCUT2D eigenvalue weighted by molar-refractivity contribution is 5.93. The molecule has 4 nitrogen and oxygen atoms in total. The van der Waals surface area contributed by atoms with Crippen molar-refractivity contribution in [1.29, 1.82) is 0 Å². The molecule has 0 aliphatic heterocycles. The second-order valence-electron chi connectivity index (χ2n) is 5.84. The summed E-state index contributed by atoms with van der Waals surface area (Å²) >= 11 is 0. The molecule has 0 bridgehead atoms. The Balaban J connectivity index is 2.06. The van der Waals surface area contributed by atoms with Gasteiger partial charge in [-0.1, -0.05) is 32.9 Å². The fourth-order valence-corrected chi connectivity index (χ4v) is 1.36. The summed E-state index contributed by atoms with van der Waals surface area (Å²) in [5.74, 6) is 0.388. The first-order chi connectivity index (χ1) is 7.31. The zero-order valence-corrected chi connectivity index (χ0v) is 10.3. The molecular weight excluding hydrogens is 204 g/mol. The maximum absolute atomic E-state index is 11.7. The first-order valence-corrected chi connectivity index (χ1v) is 5.60. The molecule has 0 spiro atoms. The Morgan fingerprint density at radius 2 is 2.12 bits per heavy atom. The van der Waals surface area contributed by atoms with Crippen molar-refractivity contribution < 1.29 is 9.32 Å². The number of carbonyl (C=O) groups excluding carboxylic acids is 1. The van der Waals surface area contributed by atoms with E-state index in [9.17, 15) is 4.79 Å². The van der Waals surface area contributed by atoms with Gasteiger partial charge in [0.25, 0.3) is 0 Å². The third-order valence-electron chi connectivity index (χ3n) is 3.05. The van der Waals surface area contributed by atoms with E-state index in [1.165, 1.54) is 0 Å². The molecule has 1 heterocycles. The third-order valence-corrected chi connectivity index (χ3v) is 3.05. The fourth-order valence-electron chi connectivity index (χ4n) is 1.36. The second kappa shape index (κ2) is 3.34. The average molecular weight is 222 g/mol. The van der Waals surface area contributed by atoms with E-state index >= 15 is 0 Å². The molecule has 1 N–H and O–H groups in total. The van der Waals surface area contributed by atoms with Gasteiger partial charge in [0, 0.05) is 16.9 Å². The highest BCUT2D eigenvalue weighted by Gasteiger charge is 2.42. The van der Waals surface area contributed by atoms with Crippen LogP contribution in [0.3, 0.4) is 0 Å². The second-order valence-corrected chi connectivity index (χ2v) is 5.84. The molecule has 0 unspecified atom stereocenters. The molecule has 1 aromatic rings. The number of carbonyl (C=O) groups is 1. The smallest absolute Gasteiger partial charge is 0.232 e. The summed E-state index contributed by atoms with van der Waals surface area (Å²) in [6.07, 6.45) is 2.29. The molecule has 2 rings (SSSR count). The highest BCUT2D eigenvalue weighted by atomic mass is 16.5. The molecule has 1 aromatic heterocycles. The van der Waals surface area contributed by atoms with Crippen LogP contribution in [0.2, 0.25) is 0 Å². The zero-order chi connectivity index (χ0) is 12.0. The fraction of sp³-hybridized carbons (Fsp3) is 0.667. The number of nitrogens with one attached hydrogen (secondary N) is 1. The molecule has 1 saturated carbocycles. The van der Waals surface area contributed by atoms with Crippen LogP contribution in [-0.2, 0) is 10.2 Å². The zero-order valence-electron chi connectivity index (χ0n) is 10.3. The van der Waals surface area contributed by atoms with Gasteiger partial charge in [0.2, 0.25) is 11.8 Å². The molecule has 4 heteroatoms. The van der Waals surface area contributed by atoms with Crippen LogP contribution in [0.15, 0.2) is 10.6 Å². The van der Waals surface area contributed by atoms with Gasteiger partial charge < -0.3 is 4.52 Å². The minimum atomic E-state index is -0.420. The molecule has 1 fully saturated rings. The van der Waals surface area contributed by atoms with Crippen LogP contribution in [0.1, 0.15) is 46.2 Å². The van der Waals surface area contributed by atoms with E-state index in [1.807, 2.05) is 26.8 Å². The minimum Gasteiger partial charge on any atom is -0.338 e. The Morgan fingerprint density at radius 1 is 1.50 bits per heavy atom. The van der Waals surface area contributed by atoms with Crippen LogP contribution in [-0.4, -0.2) is 11.1 Å². The van der Waals surface area contributed by atoms with Crippen LogP contribution in [0.4, 0.5) is 5.88 Å². The van der Waals surface area contributed by atoms with Gasteiger partial charge in [0.05, 0.1) is 5.69 Å². The van der Waals surface area contributed by atoms with Crippen molar-refractivity contribution in [3.8, 4) is 0 Å². The van der Waals surface area contributed by atoms with Crippen molar-refractivity contribution in [3.63, 3.8) is 0 Å². The number of hydrogen-bond acceptors (Lipinski definition) is 3. The molecule has 88 valence electrons. The van der Waals surface area contributed by atoms with E-state index in [0.717, 1.165) is 18.5 Å². The molecule has 1 amide bonds. The number of hydrogen-bond donors (Lipinski definition) is 1. The number of anilines is 1. The molecule has 0 atom stereocenters. The van der Waals surface area contributed by atoms with Crippen molar-refractivity contribution in [2.24, 2.45) is 5.41 Å². The van der Waals surface area contributed by atoms with Crippen LogP contribution >= 0.6 is 0 Å². The monoisotopic (exact) mass is 222 g/mol. The summed E-state index contributed by atoms with van der Waals surface area (Å²) in [6, 6.07) is 1.83. The molecule has 0 saturated heterocycles. The number of aromatic nitrogens is 1. The first-order valence-electron chi connectivity index (χ1n) is 5.60. The predicted octanol–water partition coefficient (Wildman–Crippen LogP) is 2.71. The molecule has 0 aromatic carbocycles. The highest BCUT2D eigenvalue weighted by Crippen LogP contribution is 2.47. The lowest BCUT2D eigenvalue weighted by molar-refractivity contribution is -0.123. The van der Waals surface area contributed by atoms with Gasteiger partial charge in [0.1, 0.15) is 0 Å². The largest absolute Gasteiger partial charge is 0.338 e. The number of rotatable bonds is 2. The lowest BCUT2D eigenvalue weighted by Crippen LogP contribution is -2.27. The quantitative estimate of drug-likeness (QED) is 0.837. The topological polar surface area (TPSA) is 55.1 Å². The third kappa shape index (κ3) is 2.10. The van der Waals surface area contributed by atoms with E-state index in [0.29, 0.717) is 5.88 Å². The summed E-state index contributed by atoms with van der Waals surface area (Å²) in [6.45, 7) is 7.74. The number of nitrogens with zero attached hydrogens (tertiary/aromatic N) is 1. The van der Waals surface area contributed by atoms with Gasteiger partial charge in [-0.15, -0.1) is 0 Å². The maximum Gasteiger partial charge on any atom is 0.232 e. The lowest BCUT2D eigenvalue weighted by atomic mass is 9.96. The van der Waals surface area contributed by atoms with Gasteiger partial charge in [-0.25, -0.2) is 0 Å². The normalized spacial score (nSPS) is 18.2. The van der Waals surface area contributed by atoms with Gasteiger partial charge in [-0.05, 0) is 12.8 Å². The first kappa shape index (κ1) is 11.2. The van der Waals surface area contributed by atoms with E-state index in [-0.39, 0.29) is 11.3 Å². The van der Waals surface area contributed by atoms with Crippen LogP contribution < -0.4 is 5.32 Å². The molecule has 16 heavy (non-hydrogen) atoms. The Morgan fingerprint density at radius 3 is 2.62 bits per heavy atom. The lowest BCUT2D eigenvalue weighted by Gasteiger charge is -2.15. The molecule has 1 aliphatic rings. The van der Waals surface area contributed by atoms with Crippen molar-refractivity contribution in [2.45, 2.75) is 46.0 Å². The summed E-state index contributed by atoms with van der Waals surface area (Å²) in [7, 11) is 0. The summed E-state index contributed by atoms with van der Waals surface area (Å²) in [4.78, 5) is 11.7. The molecular formula is C12H18N2O2. The SMILES string of the molecule is CC(C)(C)C(=O)Nc1cc(C2(C)CC2)no1. The number of amides is 1. The van der Waals surface area contributed by atoms with E-state index < -0.39 is 5.41 Å². The van der Waals surface area contributed by atoms with Crippen molar-refractivity contribution in [1.82, 2.24) is 5.16 Å². The minimum absolute atomic E-state index is 0.0591. The molecule has 0 radical (unpaired) electrons. The van der Waals surface area contributed by atoms with E-state index in [1.54, 1.807) is 0 Å². The summed E-state index contributed by atoms with van der Waals surface area (Å²) in [5.41, 5.74) is 0.696. The van der Waals surface area contributed by atoms with Crippen LogP contribution in [0.5, 0.6) is 0 Å². The average Bonchev–Trinajstić information content (AvgIpc) is 2.75. The van der Waals surface area contributed by atoms with E-state index in [2.05, 4.69) is 17.4 Å². The van der Waals surface area contributed by atoms with Crippen LogP contribution in [0, 0.1) is 5.41 Å². The maximum atomic E-state index is 11.7. The van der Waals surface area contributed by atoms with Gasteiger partial charge >= 0.3 is 0 Å². The standard InChI is InChI=1S/C12H18N2O2/c1-11(2,3)10(15)13-9-7-8(14-16-9)12(4)5-6-12/h7H,5-6H2,1-4H3,(H,13,15). The Kier molecular flexibility index (Phi) is 2.33. The van der Waals surface area contributed by atoms with Gasteiger partial charge in [-0.3, -0.25) is 10.1 Å². The predicted molar refractivity (Wildman–Crippen MR) is 61.2 cm³/mol. The Labute approximate surface area is 95.4 Å². The van der Waals surface area contributed by atoms with Gasteiger partial charge in [0.15, 0.2) is 0 Å². The molecule has 1 aliphatic carbocycles. The Bertz CT molecular complexity index is 411.